The van der Waals surface area contributed by atoms with Gasteiger partial charge in [0, 0.05) is 13.0 Å². The molecule has 0 aliphatic heterocycles. The largest absolute Gasteiger partial charge is 0.573 e. The second-order valence-corrected chi connectivity index (χ2v) is 6.06. The Labute approximate surface area is 145 Å². The van der Waals surface area contributed by atoms with E-state index in [-0.39, 0.29) is 24.6 Å². The smallest absolute Gasteiger partial charge is 0.406 e. The molecule has 0 saturated heterocycles. The first-order chi connectivity index (χ1) is 12.3. The van der Waals surface area contributed by atoms with E-state index >= 15 is 0 Å². The molecular weight excluding hydrogens is 355 g/mol. The number of carbonyl (C=O) groups excluding carboxylic acids is 1. The second-order valence-electron chi connectivity index (χ2n) is 6.06. The van der Waals surface area contributed by atoms with Crippen LogP contribution in [0.3, 0.4) is 0 Å². The van der Waals surface area contributed by atoms with Crippen LogP contribution in [-0.4, -0.2) is 29.0 Å². The molecule has 2 aromatic rings. The molecule has 140 valence electrons. The van der Waals surface area contributed by atoms with Crippen LogP contribution < -0.4 is 15.8 Å². The van der Waals surface area contributed by atoms with E-state index in [9.17, 15) is 22.8 Å². The molecular formula is C16H16F3N3O4. The minimum atomic E-state index is -4.79. The second kappa shape index (κ2) is 6.85. The van der Waals surface area contributed by atoms with E-state index in [2.05, 4.69) is 24.7 Å². The normalized spacial score (nSPS) is 16.0. The van der Waals surface area contributed by atoms with Crippen LogP contribution in [0.2, 0.25) is 0 Å². The van der Waals surface area contributed by atoms with Gasteiger partial charge in [0.15, 0.2) is 5.82 Å². The predicted molar refractivity (Wildman–Crippen MR) is 82.5 cm³/mol. The number of hydrogen-bond donors (Lipinski definition) is 2. The Balaban J connectivity index is 1.68. The molecule has 1 aromatic carbocycles. The van der Waals surface area contributed by atoms with Gasteiger partial charge < -0.3 is 10.1 Å². The summed E-state index contributed by atoms with van der Waals surface area (Å²) in [5.74, 6) is -1.00. The molecule has 0 spiro atoms. The summed E-state index contributed by atoms with van der Waals surface area (Å²) >= 11 is 0. The average molecular weight is 371 g/mol. The fraction of sp³-hybridized carbons (Fsp3) is 0.438. The Kier molecular flexibility index (Phi) is 4.75. The highest BCUT2D eigenvalue weighted by atomic mass is 19.4. The maximum Gasteiger partial charge on any atom is 0.573 e. The molecule has 7 nitrogen and oxygen atoms in total. The zero-order valence-electron chi connectivity index (χ0n) is 13.6. The molecule has 1 amide bonds. The first-order valence-electron chi connectivity index (χ1n) is 7.98. The van der Waals surface area contributed by atoms with Crippen molar-refractivity contribution in [1.82, 2.24) is 15.5 Å². The molecule has 2 N–H and O–H groups in total. The number of nitrogens with one attached hydrogen (secondary N) is 2. The summed E-state index contributed by atoms with van der Waals surface area (Å²) in [7, 11) is 0. The molecule has 26 heavy (non-hydrogen) atoms. The number of benzene rings is 1. The van der Waals surface area contributed by atoms with Crippen molar-refractivity contribution < 1.29 is 27.2 Å². The number of halogens is 3. The van der Waals surface area contributed by atoms with E-state index in [0.717, 1.165) is 6.42 Å². The van der Waals surface area contributed by atoms with Crippen LogP contribution >= 0.6 is 0 Å². The van der Waals surface area contributed by atoms with Crippen molar-refractivity contribution in [3.05, 3.63) is 46.2 Å². The standard InChI is InChI=1S/C16H16F3N3O4/c17-16(18,19)25-11-4-1-3-10(9-11)15(6-2-7-15)13(23)20-8-5-12-21-14(24)26-22-12/h1,3-4,9H,2,5-8H2,(H,20,23)(H,21,22,24). The van der Waals surface area contributed by atoms with Crippen molar-refractivity contribution in [3.8, 4) is 5.75 Å². The van der Waals surface area contributed by atoms with E-state index in [4.69, 9.17) is 0 Å². The van der Waals surface area contributed by atoms with Gasteiger partial charge in [-0.1, -0.05) is 23.7 Å². The molecule has 0 atom stereocenters. The summed E-state index contributed by atoms with van der Waals surface area (Å²) in [6.07, 6.45) is -2.65. The third kappa shape index (κ3) is 3.89. The Hall–Kier alpha value is -2.78. The number of hydrogen-bond acceptors (Lipinski definition) is 5. The van der Waals surface area contributed by atoms with Crippen molar-refractivity contribution in [1.29, 1.82) is 0 Å². The van der Waals surface area contributed by atoms with Gasteiger partial charge in [0.25, 0.3) is 0 Å². The van der Waals surface area contributed by atoms with Crippen LogP contribution in [-0.2, 0) is 16.6 Å². The number of nitrogens with zero attached hydrogens (tertiary/aromatic N) is 1. The minimum absolute atomic E-state index is 0.210. The van der Waals surface area contributed by atoms with Crippen LogP contribution in [0.5, 0.6) is 5.75 Å². The molecule has 0 radical (unpaired) electrons. The molecule has 10 heteroatoms. The summed E-state index contributed by atoms with van der Waals surface area (Å²) in [4.78, 5) is 25.9. The highest BCUT2D eigenvalue weighted by molar-refractivity contribution is 5.89. The van der Waals surface area contributed by atoms with Gasteiger partial charge in [-0.3, -0.25) is 14.3 Å². The van der Waals surface area contributed by atoms with Crippen LogP contribution in [0.15, 0.2) is 33.6 Å². The number of aromatic amines is 1. The third-order valence-electron chi connectivity index (χ3n) is 4.39. The molecule has 1 aromatic heterocycles. The summed E-state index contributed by atoms with van der Waals surface area (Å²) in [6.45, 7) is 0.210. The molecule has 1 heterocycles. The lowest BCUT2D eigenvalue weighted by Gasteiger charge is -2.40. The highest BCUT2D eigenvalue weighted by Gasteiger charge is 2.45. The molecule has 1 saturated carbocycles. The maximum absolute atomic E-state index is 12.6. The van der Waals surface area contributed by atoms with Gasteiger partial charge in [-0.15, -0.1) is 13.2 Å². The average Bonchev–Trinajstić information content (AvgIpc) is 2.90. The third-order valence-corrected chi connectivity index (χ3v) is 4.39. The monoisotopic (exact) mass is 371 g/mol. The molecule has 1 aliphatic rings. The minimum Gasteiger partial charge on any atom is -0.406 e. The summed E-state index contributed by atoms with van der Waals surface area (Å²) in [5.41, 5.74) is -0.389. The number of aromatic nitrogens is 2. The van der Waals surface area contributed by atoms with Gasteiger partial charge in [0.1, 0.15) is 5.75 Å². The van der Waals surface area contributed by atoms with E-state index in [1.54, 1.807) is 6.07 Å². The van der Waals surface area contributed by atoms with Gasteiger partial charge in [0.2, 0.25) is 5.91 Å². The van der Waals surface area contributed by atoms with Gasteiger partial charge in [-0.05, 0) is 30.5 Å². The Bertz CT molecular complexity index is 840. The fourth-order valence-corrected chi connectivity index (χ4v) is 3.00. The molecule has 1 aliphatic carbocycles. The quantitative estimate of drug-likeness (QED) is 0.810. The zero-order valence-corrected chi connectivity index (χ0v) is 13.6. The first kappa shape index (κ1) is 18.0. The van der Waals surface area contributed by atoms with Crippen LogP contribution in [0.25, 0.3) is 0 Å². The number of amides is 1. The van der Waals surface area contributed by atoms with Crippen LogP contribution in [0, 0.1) is 0 Å². The van der Waals surface area contributed by atoms with Crippen molar-refractivity contribution in [2.45, 2.75) is 37.5 Å². The maximum atomic E-state index is 12.6. The molecule has 3 rings (SSSR count). The Morgan fingerprint density at radius 1 is 1.38 bits per heavy atom. The number of ether oxygens (including phenoxy) is 1. The summed E-state index contributed by atoms with van der Waals surface area (Å²) in [6, 6.07) is 5.50. The van der Waals surface area contributed by atoms with Crippen molar-refractivity contribution in [3.63, 3.8) is 0 Å². The Morgan fingerprint density at radius 3 is 2.73 bits per heavy atom. The zero-order chi connectivity index (χ0) is 18.8. The Morgan fingerprint density at radius 2 is 2.15 bits per heavy atom. The number of carbonyl (C=O) groups is 1. The number of H-pyrrole nitrogens is 1. The molecule has 0 bridgehead atoms. The van der Waals surface area contributed by atoms with E-state index < -0.39 is 17.5 Å². The van der Waals surface area contributed by atoms with E-state index in [1.807, 2.05) is 0 Å². The predicted octanol–water partition coefficient (Wildman–Crippen LogP) is 2.04. The van der Waals surface area contributed by atoms with Crippen LogP contribution in [0.4, 0.5) is 13.2 Å². The van der Waals surface area contributed by atoms with E-state index in [1.165, 1.54) is 18.2 Å². The molecule has 1 fully saturated rings. The lowest BCUT2D eigenvalue weighted by atomic mass is 9.63. The topological polar surface area (TPSA) is 97.2 Å². The van der Waals surface area contributed by atoms with Crippen molar-refractivity contribution >= 4 is 5.91 Å². The summed E-state index contributed by atoms with van der Waals surface area (Å²) < 4.78 is 45.5. The van der Waals surface area contributed by atoms with Crippen LogP contribution in [0.1, 0.15) is 30.7 Å². The SMILES string of the molecule is O=C(NCCc1noc(=O)[nH]1)C1(c2cccc(OC(F)(F)F)c2)CCC1. The highest BCUT2D eigenvalue weighted by Crippen LogP contribution is 2.45. The van der Waals surface area contributed by atoms with E-state index in [0.29, 0.717) is 24.2 Å². The number of rotatable bonds is 6. The lowest BCUT2D eigenvalue weighted by Crippen LogP contribution is -2.49. The lowest BCUT2D eigenvalue weighted by molar-refractivity contribution is -0.274. The van der Waals surface area contributed by atoms with Crippen molar-refractivity contribution in [2.75, 3.05) is 6.54 Å². The van der Waals surface area contributed by atoms with Gasteiger partial charge in [-0.25, -0.2) is 4.79 Å². The first-order valence-corrected chi connectivity index (χ1v) is 7.98. The number of alkyl halides is 3. The van der Waals surface area contributed by atoms with Gasteiger partial charge >= 0.3 is 12.1 Å². The van der Waals surface area contributed by atoms with Gasteiger partial charge in [0.05, 0.1) is 5.41 Å². The summed E-state index contributed by atoms with van der Waals surface area (Å²) in [5, 5.41) is 6.24. The van der Waals surface area contributed by atoms with Gasteiger partial charge in [-0.2, -0.15) is 0 Å². The fourth-order valence-electron chi connectivity index (χ4n) is 3.00. The molecule has 0 unspecified atom stereocenters. The van der Waals surface area contributed by atoms with Crippen molar-refractivity contribution in [2.24, 2.45) is 0 Å².